The molecule has 0 amide bonds. The van der Waals surface area contributed by atoms with Crippen molar-refractivity contribution < 1.29 is 22.7 Å². The second-order valence-electron chi connectivity index (χ2n) is 5.05. The van der Waals surface area contributed by atoms with E-state index in [4.69, 9.17) is 21.1 Å². The van der Waals surface area contributed by atoms with Gasteiger partial charge < -0.3 is 14.4 Å². The molecule has 1 aromatic carbocycles. The average molecular weight is 348 g/mol. The molecule has 122 valence electrons. The third-order valence-corrected chi connectivity index (χ3v) is 4.36. The third-order valence-electron chi connectivity index (χ3n) is 3.20. The van der Waals surface area contributed by atoms with Gasteiger partial charge in [-0.05, 0) is 25.1 Å². The number of nitrogens with zero attached hydrogens (tertiary/aromatic N) is 1. The summed E-state index contributed by atoms with van der Waals surface area (Å²) in [7, 11) is -3.12. The van der Waals surface area contributed by atoms with Crippen LogP contribution >= 0.6 is 11.6 Å². The van der Waals surface area contributed by atoms with Crippen LogP contribution in [0, 0.1) is 0 Å². The molecular weight excluding hydrogens is 330 g/mol. The van der Waals surface area contributed by atoms with E-state index < -0.39 is 21.9 Å². The Labute approximate surface area is 134 Å². The van der Waals surface area contributed by atoms with Crippen LogP contribution in [-0.4, -0.2) is 52.2 Å². The number of carbonyl (C=O) groups excluding carboxylic acids is 1. The molecule has 1 unspecified atom stereocenters. The van der Waals surface area contributed by atoms with Gasteiger partial charge in [0.25, 0.3) is 0 Å². The Morgan fingerprint density at radius 3 is 2.86 bits per heavy atom. The maximum absolute atomic E-state index is 11.9. The number of benzene rings is 1. The first kappa shape index (κ1) is 16.9. The maximum atomic E-state index is 11.9. The molecule has 8 heteroatoms. The molecule has 0 bridgehead atoms. The van der Waals surface area contributed by atoms with Crippen molar-refractivity contribution in [2.24, 2.45) is 0 Å². The van der Waals surface area contributed by atoms with Crippen molar-refractivity contribution in [3.05, 3.63) is 23.2 Å². The number of halogens is 1. The van der Waals surface area contributed by atoms with E-state index in [9.17, 15) is 13.2 Å². The number of fused-ring (bicyclic) bond motifs is 1. The van der Waals surface area contributed by atoms with Gasteiger partial charge in [-0.25, -0.2) is 13.2 Å². The van der Waals surface area contributed by atoms with Crippen molar-refractivity contribution in [1.82, 2.24) is 0 Å². The smallest absolute Gasteiger partial charge is 0.349 e. The molecule has 0 N–H and O–H groups in total. The van der Waals surface area contributed by atoms with Crippen molar-refractivity contribution >= 4 is 33.1 Å². The summed E-state index contributed by atoms with van der Waals surface area (Å²) in [6.07, 6.45) is 0.392. The third kappa shape index (κ3) is 4.27. The standard InChI is InChI=1S/C14H18ClNO5S/c1-3-20-14(17)13-9-16(6-7-22(2,18)19)11-8-10(15)4-5-12(11)21-13/h4-5,8,13H,3,6-7,9H2,1-2H3. The molecule has 0 saturated heterocycles. The van der Waals surface area contributed by atoms with E-state index in [1.165, 1.54) is 6.26 Å². The molecular formula is C14H18ClNO5S. The Balaban J connectivity index is 2.25. The van der Waals surface area contributed by atoms with Crippen molar-refractivity contribution in [1.29, 1.82) is 0 Å². The number of hydrogen-bond acceptors (Lipinski definition) is 6. The molecule has 1 atom stereocenters. The number of hydrogen-bond donors (Lipinski definition) is 0. The zero-order valence-corrected chi connectivity index (χ0v) is 14.0. The Hall–Kier alpha value is -1.47. The number of ether oxygens (including phenoxy) is 2. The van der Waals surface area contributed by atoms with Crippen LogP contribution in [0.3, 0.4) is 0 Å². The predicted molar refractivity (Wildman–Crippen MR) is 84.4 cm³/mol. The van der Waals surface area contributed by atoms with E-state index in [0.717, 1.165) is 0 Å². The van der Waals surface area contributed by atoms with Crippen LogP contribution in [0.5, 0.6) is 5.75 Å². The second-order valence-corrected chi connectivity index (χ2v) is 7.74. The number of anilines is 1. The first-order chi connectivity index (χ1) is 10.3. The van der Waals surface area contributed by atoms with Gasteiger partial charge in [0.05, 0.1) is 24.6 Å². The van der Waals surface area contributed by atoms with Gasteiger partial charge in [0.2, 0.25) is 6.10 Å². The van der Waals surface area contributed by atoms with E-state index in [2.05, 4.69) is 0 Å². The molecule has 0 aliphatic carbocycles. The minimum atomic E-state index is -3.12. The SMILES string of the molecule is CCOC(=O)C1CN(CCS(C)(=O)=O)c2cc(Cl)ccc2O1. The van der Waals surface area contributed by atoms with Crippen LogP contribution in [0.1, 0.15) is 6.92 Å². The summed E-state index contributed by atoms with van der Waals surface area (Å²) in [5.74, 6) is 0.00349. The van der Waals surface area contributed by atoms with Gasteiger partial charge in [-0.3, -0.25) is 0 Å². The fraction of sp³-hybridized carbons (Fsp3) is 0.500. The molecule has 1 aromatic rings. The van der Waals surface area contributed by atoms with Crippen LogP contribution in [-0.2, 0) is 19.4 Å². The summed E-state index contributed by atoms with van der Waals surface area (Å²) in [6.45, 7) is 2.46. The van der Waals surface area contributed by atoms with Gasteiger partial charge in [0.15, 0.2) is 0 Å². The quantitative estimate of drug-likeness (QED) is 0.752. The van der Waals surface area contributed by atoms with Crippen molar-refractivity contribution in [3.8, 4) is 5.75 Å². The molecule has 2 rings (SSSR count). The maximum Gasteiger partial charge on any atom is 0.349 e. The van der Waals surface area contributed by atoms with E-state index in [1.54, 1.807) is 30.0 Å². The lowest BCUT2D eigenvalue weighted by Crippen LogP contribution is -2.46. The highest BCUT2D eigenvalue weighted by molar-refractivity contribution is 7.90. The fourth-order valence-electron chi connectivity index (χ4n) is 2.17. The summed E-state index contributed by atoms with van der Waals surface area (Å²) in [6, 6.07) is 5.01. The van der Waals surface area contributed by atoms with Gasteiger partial charge in [-0.1, -0.05) is 11.6 Å². The topological polar surface area (TPSA) is 72.9 Å². The molecule has 0 fully saturated rings. The highest BCUT2D eigenvalue weighted by Crippen LogP contribution is 2.35. The van der Waals surface area contributed by atoms with Crippen LogP contribution in [0.4, 0.5) is 5.69 Å². The van der Waals surface area contributed by atoms with Crippen molar-refractivity contribution in [2.75, 3.05) is 36.6 Å². The van der Waals surface area contributed by atoms with Crippen LogP contribution in [0.15, 0.2) is 18.2 Å². The summed E-state index contributed by atoms with van der Waals surface area (Å²) in [5.41, 5.74) is 0.677. The van der Waals surface area contributed by atoms with Crippen LogP contribution in [0.25, 0.3) is 0 Å². The lowest BCUT2D eigenvalue weighted by atomic mass is 10.2. The van der Waals surface area contributed by atoms with Gasteiger partial charge in [0, 0.05) is 17.8 Å². The number of sulfone groups is 1. The highest BCUT2D eigenvalue weighted by atomic mass is 35.5. The van der Waals surface area contributed by atoms with E-state index >= 15 is 0 Å². The minimum Gasteiger partial charge on any atom is -0.475 e. The molecule has 0 spiro atoms. The Morgan fingerprint density at radius 1 is 1.50 bits per heavy atom. The number of carbonyl (C=O) groups is 1. The highest BCUT2D eigenvalue weighted by Gasteiger charge is 2.32. The fourth-order valence-corrected chi connectivity index (χ4v) is 2.89. The summed E-state index contributed by atoms with van der Waals surface area (Å²) < 4.78 is 33.4. The van der Waals surface area contributed by atoms with Gasteiger partial charge in [-0.2, -0.15) is 0 Å². The molecule has 0 saturated carbocycles. The monoisotopic (exact) mass is 347 g/mol. The molecule has 1 heterocycles. The molecule has 6 nitrogen and oxygen atoms in total. The largest absolute Gasteiger partial charge is 0.475 e. The predicted octanol–water partition coefficient (Wildman–Crippen LogP) is 1.52. The summed E-state index contributed by atoms with van der Waals surface area (Å²) in [5, 5.41) is 0.515. The summed E-state index contributed by atoms with van der Waals surface area (Å²) >= 11 is 5.99. The van der Waals surface area contributed by atoms with Gasteiger partial charge in [0.1, 0.15) is 15.6 Å². The van der Waals surface area contributed by atoms with Crippen LogP contribution < -0.4 is 9.64 Å². The van der Waals surface area contributed by atoms with Crippen molar-refractivity contribution in [3.63, 3.8) is 0 Å². The van der Waals surface area contributed by atoms with E-state index in [0.29, 0.717) is 16.5 Å². The minimum absolute atomic E-state index is 0.0193. The van der Waals surface area contributed by atoms with Crippen LogP contribution in [0.2, 0.25) is 5.02 Å². The molecule has 22 heavy (non-hydrogen) atoms. The first-order valence-corrected chi connectivity index (χ1v) is 9.29. The van der Waals surface area contributed by atoms with Gasteiger partial charge in [-0.15, -0.1) is 0 Å². The normalized spacial score (nSPS) is 17.6. The summed E-state index contributed by atoms with van der Waals surface area (Å²) in [4.78, 5) is 13.7. The van der Waals surface area contributed by atoms with E-state index in [-0.39, 0.29) is 25.4 Å². The zero-order valence-electron chi connectivity index (χ0n) is 12.4. The van der Waals surface area contributed by atoms with Crippen molar-refractivity contribution in [2.45, 2.75) is 13.0 Å². The second kappa shape index (κ2) is 6.75. The molecule has 0 aromatic heterocycles. The first-order valence-electron chi connectivity index (χ1n) is 6.85. The lowest BCUT2D eigenvalue weighted by Gasteiger charge is -2.35. The molecule has 0 radical (unpaired) electrons. The average Bonchev–Trinajstić information content (AvgIpc) is 2.44. The Kier molecular flexibility index (Phi) is 5.18. The Bertz CT molecular complexity index is 661. The molecule has 1 aliphatic rings. The lowest BCUT2D eigenvalue weighted by molar-refractivity contribution is -0.151. The Morgan fingerprint density at radius 2 is 2.23 bits per heavy atom. The zero-order chi connectivity index (χ0) is 16.3. The van der Waals surface area contributed by atoms with Gasteiger partial charge >= 0.3 is 5.97 Å². The number of esters is 1. The van der Waals surface area contributed by atoms with E-state index in [1.807, 2.05) is 0 Å². The molecule has 1 aliphatic heterocycles. The number of rotatable bonds is 5.